The number of ether oxygens (including phenoxy) is 1. The van der Waals surface area contributed by atoms with Crippen molar-refractivity contribution in [3.05, 3.63) is 63.2 Å². The molecule has 11 nitrogen and oxygen atoms in total. The molecule has 0 saturated heterocycles. The number of likely N-dealkylation sites (N-methyl/N-ethyl adjacent to an activating group) is 1. The maximum atomic E-state index is 12.9. The van der Waals surface area contributed by atoms with Crippen LogP contribution < -0.4 is 11.2 Å². The van der Waals surface area contributed by atoms with Gasteiger partial charge in [-0.1, -0.05) is 6.07 Å². The Bertz CT molecular complexity index is 1320. The van der Waals surface area contributed by atoms with Crippen LogP contribution in [0.1, 0.15) is 26.3 Å². The quantitative estimate of drug-likeness (QED) is 0.609. The van der Waals surface area contributed by atoms with E-state index in [1.807, 2.05) is 0 Å². The van der Waals surface area contributed by atoms with Gasteiger partial charge in [0, 0.05) is 32.9 Å². The topological polar surface area (TPSA) is 137 Å². The fourth-order valence-electron chi connectivity index (χ4n) is 3.24. The van der Waals surface area contributed by atoms with Crippen molar-refractivity contribution in [2.75, 3.05) is 7.05 Å². The van der Waals surface area contributed by atoms with Crippen LogP contribution in [0.2, 0.25) is 0 Å². The van der Waals surface area contributed by atoms with Gasteiger partial charge in [0.1, 0.15) is 17.5 Å². The number of carboxylic acid groups (broad SMARTS) is 1. The summed E-state index contributed by atoms with van der Waals surface area (Å²) in [5.41, 5.74) is -1.00. The molecule has 3 heterocycles. The summed E-state index contributed by atoms with van der Waals surface area (Å²) in [6.07, 6.45) is 3.46. The lowest BCUT2D eigenvalue weighted by Gasteiger charge is -2.28. The van der Waals surface area contributed by atoms with Gasteiger partial charge in [0.05, 0.1) is 17.1 Å². The fourth-order valence-corrected chi connectivity index (χ4v) is 3.24. The summed E-state index contributed by atoms with van der Waals surface area (Å²) in [4.78, 5) is 58.9. The fraction of sp³-hybridized carbons (Fsp3) is 0.364. The van der Waals surface area contributed by atoms with E-state index in [4.69, 9.17) is 4.74 Å². The number of hydrogen-bond donors (Lipinski definition) is 1. The smallest absolute Gasteiger partial charge is 0.410 e. The Balaban J connectivity index is 1.92. The minimum atomic E-state index is -1.21. The van der Waals surface area contributed by atoms with Crippen molar-refractivity contribution < 1.29 is 19.4 Å². The van der Waals surface area contributed by atoms with E-state index < -0.39 is 35.0 Å². The number of fused-ring (bicyclic) bond motifs is 1. The number of carbonyl (C=O) groups is 2. The highest BCUT2D eigenvalue weighted by atomic mass is 16.6. The van der Waals surface area contributed by atoms with Gasteiger partial charge in [-0.15, -0.1) is 0 Å². The molecule has 0 aliphatic heterocycles. The maximum absolute atomic E-state index is 12.9. The molecule has 0 bridgehead atoms. The standard InChI is InChI=1S/C22H25N5O6/c1-22(2,3)33-21(32)26(5)15(19(29)30)10-13-6-7-17(24-11-13)27-18(28)14-8-9-23-12-16(14)25(4)20(27)31/h6-9,11-12,15H,10H2,1-5H3,(H,29,30). The van der Waals surface area contributed by atoms with Gasteiger partial charge in [0.25, 0.3) is 5.56 Å². The molecule has 1 amide bonds. The van der Waals surface area contributed by atoms with Crippen molar-refractivity contribution in [3.63, 3.8) is 0 Å². The number of nitrogens with zero attached hydrogens (tertiary/aromatic N) is 5. The van der Waals surface area contributed by atoms with E-state index in [0.29, 0.717) is 16.5 Å². The van der Waals surface area contributed by atoms with E-state index >= 15 is 0 Å². The molecule has 0 aliphatic carbocycles. The second-order valence-corrected chi connectivity index (χ2v) is 8.55. The summed E-state index contributed by atoms with van der Waals surface area (Å²) in [6, 6.07) is 3.34. The lowest BCUT2D eigenvalue weighted by Crippen LogP contribution is -2.46. The zero-order chi connectivity index (χ0) is 24.5. The first-order valence-corrected chi connectivity index (χ1v) is 10.1. The Morgan fingerprint density at radius 3 is 2.45 bits per heavy atom. The summed E-state index contributed by atoms with van der Waals surface area (Å²) in [5.74, 6) is -1.11. The molecule has 1 atom stereocenters. The van der Waals surface area contributed by atoms with Gasteiger partial charge in [-0.2, -0.15) is 0 Å². The van der Waals surface area contributed by atoms with Crippen LogP contribution in [0.3, 0.4) is 0 Å². The van der Waals surface area contributed by atoms with Crippen LogP contribution in [-0.4, -0.2) is 59.9 Å². The Morgan fingerprint density at radius 2 is 1.88 bits per heavy atom. The number of aryl methyl sites for hydroxylation is 1. The molecule has 0 spiro atoms. The van der Waals surface area contributed by atoms with Crippen molar-refractivity contribution in [1.82, 2.24) is 24.0 Å². The Hall–Kier alpha value is -4.02. The van der Waals surface area contributed by atoms with Crippen molar-refractivity contribution >= 4 is 23.0 Å². The van der Waals surface area contributed by atoms with Gasteiger partial charge in [-0.3, -0.25) is 19.2 Å². The number of carboxylic acids is 1. The predicted molar refractivity (Wildman–Crippen MR) is 120 cm³/mol. The molecule has 0 fully saturated rings. The summed E-state index contributed by atoms with van der Waals surface area (Å²) in [5, 5.41) is 9.93. The van der Waals surface area contributed by atoms with Crippen LogP contribution in [0.15, 0.2) is 46.4 Å². The van der Waals surface area contributed by atoms with E-state index in [2.05, 4.69) is 9.97 Å². The van der Waals surface area contributed by atoms with Crippen LogP contribution in [0, 0.1) is 0 Å². The minimum absolute atomic E-state index is 0.0470. The van der Waals surface area contributed by atoms with Crippen molar-refractivity contribution in [1.29, 1.82) is 0 Å². The number of aliphatic carboxylic acids is 1. The van der Waals surface area contributed by atoms with Gasteiger partial charge in [-0.25, -0.2) is 23.9 Å². The third kappa shape index (κ3) is 4.92. The van der Waals surface area contributed by atoms with Gasteiger partial charge >= 0.3 is 17.8 Å². The number of carbonyl (C=O) groups excluding carboxylic acids is 1. The molecule has 0 aromatic carbocycles. The molecule has 11 heteroatoms. The summed E-state index contributed by atoms with van der Waals surface area (Å²) in [7, 11) is 2.88. The largest absolute Gasteiger partial charge is 0.480 e. The first kappa shape index (κ1) is 23.6. The van der Waals surface area contributed by atoms with Gasteiger partial charge in [0.2, 0.25) is 0 Å². The highest BCUT2D eigenvalue weighted by Gasteiger charge is 2.30. The van der Waals surface area contributed by atoms with E-state index in [9.17, 15) is 24.3 Å². The van der Waals surface area contributed by atoms with Crippen LogP contribution in [0.25, 0.3) is 16.7 Å². The lowest BCUT2D eigenvalue weighted by molar-refractivity contribution is -0.142. The summed E-state index contributed by atoms with van der Waals surface area (Å²) >= 11 is 0. The average molecular weight is 455 g/mol. The molecular weight excluding hydrogens is 430 g/mol. The van der Waals surface area contributed by atoms with Gasteiger partial charge < -0.3 is 9.84 Å². The summed E-state index contributed by atoms with van der Waals surface area (Å²) in [6.45, 7) is 5.06. The number of hydrogen-bond acceptors (Lipinski definition) is 7. The van der Waals surface area contributed by atoms with Crippen LogP contribution in [0.5, 0.6) is 0 Å². The molecular formula is C22H25N5O6. The normalized spacial score (nSPS) is 12.4. The van der Waals surface area contributed by atoms with E-state index in [1.54, 1.807) is 26.8 Å². The monoisotopic (exact) mass is 455 g/mol. The molecule has 3 aromatic heterocycles. The van der Waals surface area contributed by atoms with Crippen LogP contribution in [0.4, 0.5) is 4.79 Å². The molecule has 0 radical (unpaired) electrons. The highest BCUT2D eigenvalue weighted by Crippen LogP contribution is 2.14. The third-order valence-electron chi connectivity index (χ3n) is 4.97. The highest BCUT2D eigenvalue weighted by molar-refractivity contribution is 5.80. The zero-order valence-corrected chi connectivity index (χ0v) is 19.0. The maximum Gasteiger partial charge on any atom is 0.410 e. The molecule has 1 unspecified atom stereocenters. The summed E-state index contributed by atoms with van der Waals surface area (Å²) < 4.78 is 7.49. The second-order valence-electron chi connectivity index (χ2n) is 8.55. The molecule has 0 aliphatic rings. The van der Waals surface area contributed by atoms with Crippen LogP contribution in [-0.2, 0) is 23.0 Å². The minimum Gasteiger partial charge on any atom is -0.480 e. The second kappa shape index (κ2) is 8.85. The zero-order valence-electron chi connectivity index (χ0n) is 19.0. The van der Waals surface area contributed by atoms with E-state index in [0.717, 1.165) is 9.47 Å². The number of aromatic nitrogens is 4. The van der Waals surface area contributed by atoms with E-state index in [-0.39, 0.29) is 12.2 Å². The lowest BCUT2D eigenvalue weighted by atomic mass is 10.1. The van der Waals surface area contributed by atoms with Crippen molar-refractivity contribution in [2.45, 2.75) is 38.8 Å². The third-order valence-corrected chi connectivity index (χ3v) is 4.97. The molecule has 174 valence electrons. The first-order valence-electron chi connectivity index (χ1n) is 10.1. The number of pyridine rings is 2. The van der Waals surface area contributed by atoms with Crippen LogP contribution >= 0.6 is 0 Å². The average Bonchev–Trinajstić information content (AvgIpc) is 2.75. The van der Waals surface area contributed by atoms with Crippen molar-refractivity contribution in [2.24, 2.45) is 7.05 Å². The number of amides is 1. The molecule has 1 N–H and O–H groups in total. The molecule has 3 rings (SSSR count). The Labute approximate surface area is 188 Å². The predicted octanol–water partition coefficient (Wildman–Crippen LogP) is 1.34. The Kier molecular flexibility index (Phi) is 6.34. The van der Waals surface area contributed by atoms with Crippen molar-refractivity contribution in [3.8, 4) is 5.82 Å². The number of rotatable bonds is 5. The van der Waals surface area contributed by atoms with E-state index in [1.165, 1.54) is 49.4 Å². The molecule has 33 heavy (non-hydrogen) atoms. The van der Waals surface area contributed by atoms with Gasteiger partial charge in [-0.05, 0) is 38.5 Å². The SMILES string of the molecule is CN(C(=O)OC(C)(C)C)C(Cc1ccc(-n2c(=O)c3ccncc3n(C)c2=O)nc1)C(=O)O. The Morgan fingerprint density at radius 1 is 1.18 bits per heavy atom. The van der Waals surface area contributed by atoms with Gasteiger partial charge in [0.15, 0.2) is 0 Å². The molecule has 0 saturated carbocycles. The molecule has 3 aromatic rings. The first-order chi connectivity index (χ1) is 15.4.